The van der Waals surface area contributed by atoms with Crippen molar-refractivity contribution in [2.75, 3.05) is 6.54 Å². The lowest BCUT2D eigenvalue weighted by molar-refractivity contribution is -0.137. The van der Waals surface area contributed by atoms with Crippen LogP contribution in [0.1, 0.15) is 37.6 Å². The Hall–Kier alpha value is -1.46. The number of likely N-dealkylation sites (tertiary alicyclic amines) is 1. The van der Waals surface area contributed by atoms with E-state index in [0.717, 1.165) is 36.3 Å². The van der Waals surface area contributed by atoms with Gasteiger partial charge in [-0.15, -0.1) is 11.3 Å². The Morgan fingerprint density at radius 2 is 2.27 bits per heavy atom. The molecule has 1 aromatic heterocycles. The van der Waals surface area contributed by atoms with Crippen molar-refractivity contribution in [2.24, 2.45) is 0 Å². The molecule has 2 atom stereocenters. The van der Waals surface area contributed by atoms with Crippen LogP contribution in [0.25, 0.3) is 10.2 Å². The van der Waals surface area contributed by atoms with Crippen LogP contribution in [0, 0.1) is 0 Å². The number of carbonyl (C=O) groups is 1. The van der Waals surface area contributed by atoms with Gasteiger partial charge in [-0.3, -0.25) is 4.79 Å². The summed E-state index contributed by atoms with van der Waals surface area (Å²) in [6.45, 7) is 2.55. The maximum absolute atomic E-state index is 12.5. The number of rotatable bonds is 4. The molecule has 0 saturated carbocycles. The molecule has 1 N–H and O–H groups in total. The van der Waals surface area contributed by atoms with E-state index >= 15 is 0 Å². The first-order chi connectivity index (χ1) is 10.6. The molecule has 4 nitrogen and oxygen atoms in total. The molecule has 2 aromatic rings. The third-order valence-electron chi connectivity index (χ3n) is 4.32. The number of fused-ring (bicyclic) bond motifs is 1. The zero-order chi connectivity index (χ0) is 15.5. The number of piperidine rings is 1. The van der Waals surface area contributed by atoms with Crippen molar-refractivity contribution < 1.29 is 9.90 Å². The summed E-state index contributed by atoms with van der Waals surface area (Å²) in [5.41, 5.74) is 1.01. The quantitative estimate of drug-likeness (QED) is 0.943. The van der Waals surface area contributed by atoms with Gasteiger partial charge in [-0.2, -0.15) is 0 Å². The number of aromatic nitrogens is 1. The summed E-state index contributed by atoms with van der Waals surface area (Å²) in [7, 11) is 0. The third-order valence-corrected chi connectivity index (χ3v) is 5.41. The molecule has 1 aromatic carbocycles. The van der Waals surface area contributed by atoms with Crippen LogP contribution in [0.15, 0.2) is 24.3 Å². The largest absolute Gasteiger partial charge is 0.391 e. The van der Waals surface area contributed by atoms with Crippen molar-refractivity contribution in [3.63, 3.8) is 0 Å². The third kappa shape index (κ3) is 3.31. The molecular formula is C17H22N2O2S. The van der Waals surface area contributed by atoms with Crippen LogP contribution in [0.5, 0.6) is 0 Å². The van der Waals surface area contributed by atoms with Gasteiger partial charge in [0.1, 0.15) is 0 Å². The SMILES string of the molecule is C[C@H](O)[C@H]1CCCCN1C(=O)CCc1nc2ccccc2s1. The highest BCUT2D eigenvalue weighted by molar-refractivity contribution is 7.18. The lowest BCUT2D eigenvalue weighted by Crippen LogP contribution is -2.48. The molecule has 1 fully saturated rings. The minimum absolute atomic E-state index is 0.0170. The first kappa shape index (κ1) is 15.4. The molecule has 1 amide bonds. The van der Waals surface area contributed by atoms with Gasteiger partial charge in [-0.1, -0.05) is 12.1 Å². The van der Waals surface area contributed by atoms with Crippen molar-refractivity contribution in [3.05, 3.63) is 29.3 Å². The molecule has 1 aliphatic rings. The van der Waals surface area contributed by atoms with Crippen molar-refractivity contribution in [1.29, 1.82) is 0 Å². The van der Waals surface area contributed by atoms with E-state index in [1.54, 1.807) is 18.3 Å². The van der Waals surface area contributed by atoms with Gasteiger partial charge in [0.25, 0.3) is 0 Å². The zero-order valence-corrected chi connectivity index (χ0v) is 13.7. The number of para-hydroxylation sites is 1. The van der Waals surface area contributed by atoms with Gasteiger partial charge >= 0.3 is 0 Å². The van der Waals surface area contributed by atoms with Gasteiger partial charge in [-0.05, 0) is 38.3 Å². The average molecular weight is 318 g/mol. The second kappa shape index (κ2) is 6.75. The van der Waals surface area contributed by atoms with E-state index in [2.05, 4.69) is 11.1 Å². The molecule has 0 unspecified atom stereocenters. The van der Waals surface area contributed by atoms with E-state index in [4.69, 9.17) is 0 Å². The number of hydrogen-bond acceptors (Lipinski definition) is 4. The van der Waals surface area contributed by atoms with Crippen molar-refractivity contribution in [1.82, 2.24) is 9.88 Å². The highest BCUT2D eigenvalue weighted by Gasteiger charge is 2.29. The number of hydrogen-bond donors (Lipinski definition) is 1. The summed E-state index contributed by atoms with van der Waals surface area (Å²) in [5.74, 6) is 0.143. The summed E-state index contributed by atoms with van der Waals surface area (Å²) in [6.07, 6.45) is 3.74. The number of aliphatic hydroxyl groups is 1. The van der Waals surface area contributed by atoms with Gasteiger partial charge in [0.2, 0.25) is 5.91 Å². The zero-order valence-electron chi connectivity index (χ0n) is 12.9. The topological polar surface area (TPSA) is 53.4 Å². The fourth-order valence-corrected chi connectivity index (χ4v) is 4.12. The molecule has 1 aliphatic heterocycles. The Bertz CT molecular complexity index is 620. The maximum Gasteiger partial charge on any atom is 0.223 e. The van der Waals surface area contributed by atoms with Crippen LogP contribution in [-0.2, 0) is 11.2 Å². The molecule has 5 heteroatoms. The van der Waals surface area contributed by atoms with E-state index in [-0.39, 0.29) is 11.9 Å². The fourth-order valence-electron chi connectivity index (χ4n) is 3.15. The number of amides is 1. The van der Waals surface area contributed by atoms with Crippen LogP contribution < -0.4 is 0 Å². The van der Waals surface area contributed by atoms with E-state index in [1.807, 2.05) is 23.1 Å². The second-order valence-corrected chi connectivity index (χ2v) is 7.08. The number of aryl methyl sites for hydroxylation is 1. The molecule has 2 heterocycles. The first-order valence-electron chi connectivity index (χ1n) is 7.97. The Morgan fingerprint density at radius 1 is 1.45 bits per heavy atom. The number of aliphatic hydroxyl groups excluding tert-OH is 1. The van der Waals surface area contributed by atoms with E-state index < -0.39 is 6.10 Å². The standard InChI is InChI=1S/C17H22N2O2S/c1-12(20)14-7-4-5-11-19(14)17(21)10-9-16-18-13-6-2-3-8-15(13)22-16/h2-3,6,8,12,14,20H,4-5,7,9-11H2,1H3/t12-,14+/m0/s1. The summed E-state index contributed by atoms with van der Waals surface area (Å²) in [5, 5.41) is 10.9. The van der Waals surface area contributed by atoms with Gasteiger partial charge in [0, 0.05) is 19.4 Å². The van der Waals surface area contributed by atoms with E-state index in [0.29, 0.717) is 12.8 Å². The number of thiazole rings is 1. The molecule has 3 rings (SSSR count). The fraction of sp³-hybridized carbons (Fsp3) is 0.529. The molecule has 118 valence electrons. The summed E-state index contributed by atoms with van der Waals surface area (Å²) in [6, 6.07) is 8.04. The second-order valence-electron chi connectivity index (χ2n) is 5.97. The predicted octanol–water partition coefficient (Wildman–Crippen LogP) is 2.99. The van der Waals surface area contributed by atoms with Crippen LogP contribution in [0.4, 0.5) is 0 Å². The van der Waals surface area contributed by atoms with Crippen LogP contribution >= 0.6 is 11.3 Å². The predicted molar refractivity (Wildman–Crippen MR) is 89.0 cm³/mol. The van der Waals surface area contributed by atoms with Crippen LogP contribution in [0.2, 0.25) is 0 Å². The summed E-state index contributed by atoms with van der Waals surface area (Å²) < 4.78 is 1.17. The van der Waals surface area contributed by atoms with Gasteiger partial charge in [-0.25, -0.2) is 4.98 Å². The molecule has 22 heavy (non-hydrogen) atoms. The lowest BCUT2D eigenvalue weighted by Gasteiger charge is -2.37. The summed E-state index contributed by atoms with van der Waals surface area (Å²) in [4.78, 5) is 19.0. The molecule has 0 bridgehead atoms. The van der Waals surface area contributed by atoms with Gasteiger partial charge in [0.05, 0.1) is 27.4 Å². The van der Waals surface area contributed by atoms with Crippen LogP contribution in [-0.4, -0.2) is 39.6 Å². The maximum atomic E-state index is 12.5. The van der Waals surface area contributed by atoms with Crippen LogP contribution in [0.3, 0.4) is 0 Å². The average Bonchev–Trinajstić information content (AvgIpc) is 2.95. The van der Waals surface area contributed by atoms with Crippen molar-refractivity contribution in [3.8, 4) is 0 Å². The van der Waals surface area contributed by atoms with Crippen molar-refractivity contribution in [2.45, 2.75) is 51.2 Å². The molecule has 0 spiro atoms. The Labute approximate surface area is 134 Å². The minimum Gasteiger partial charge on any atom is -0.391 e. The Balaban J connectivity index is 1.63. The normalized spacial score (nSPS) is 20.3. The highest BCUT2D eigenvalue weighted by Crippen LogP contribution is 2.24. The smallest absolute Gasteiger partial charge is 0.223 e. The molecular weight excluding hydrogens is 296 g/mol. The molecule has 0 radical (unpaired) electrons. The van der Waals surface area contributed by atoms with E-state index in [1.165, 1.54) is 4.70 Å². The van der Waals surface area contributed by atoms with E-state index in [9.17, 15) is 9.90 Å². The number of benzene rings is 1. The first-order valence-corrected chi connectivity index (χ1v) is 8.79. The minimum atomic E-state index is -0.452. The number of carbonyl (C=O) groups excluding carboxylic acids is 1. The highest BCUT2D eigenvalue weighted by atomic mass is 32.1. The van der Waals surface area contributed by atoms with Crippen molar-refractivity contribution >= 4 is 27.5 Å². The Kier molecular flexibility index (Phi) is 4.74. The summed E-state index contributed by atoms with van der Waals surface area (Å²) >= 11 is 1.66. The van der Waals surface area contributed by atoms with Gasteiger partial charge < -0.3 is 10.0 Å². The number of nitrogens with zero attached hydrogens (tertiary/aromatic N) is 2. The Morgan fingerprint density at radius 3 is 3.05 bits per heavy atom. The molecule has 0 aliphatic carbocycles. The lowest BCUT2D eigenvalue weighted by atomic mass is 9.97. The van der Waals surface area contributed by atoms with Gasteiger partial charge in [0.15, 0.2) is 0 Å². The molecule has 1 saturated heterocycles. The monoisotopic (exact) mass is 318 g/mol.